The Balaban J connectivity index is 2.00. The van der Waals surface area contributed by atoms with Crippen LogP contribution in [0.15, 0.2) is 24.3 Å². The minimum atomic E-state index is -0.411. The van der Waals surface area contributed by atoms with Gasteiger partial charge in [-0.3, -0.25) is 4.79 Å². The molecule has 0 aromatic heterocycles. The van der Waals surface area contributed by atoms with Crippen molar-refractivity contribution in [3.63, 3.8) is 0 Å². The summed E-state index contributed by atoms with van der Waals surface area (Å²) in [5.74, 6) is -0.0827. The number of amides is 1. The summed E-state index contributed by atoms with van der Waals surface area (Å²) in [5.41, 5.74) is 0.816. The molecule has 16 heavy (non-hydrogen) atoms. The number of para-hydroxylation sites is 1. The fourth-order valence-electron chi connectivity index (χ4n) is 1.70. The summed E-state index contributed by atoms with van der Waals surface area (Å²) in [5, 5.41) is 15.2. The van der Waals surface area contributed by atoms with E-state index in [1.807, 2.05) is 24.3 Å². The van der Waals surface area contributed by atoms with Crippen LogP contribution in [0.4, 0.5) is 5.69 Å². The van der Waals surface area contributed by atoms with Crippen molar-refractivity contribution in [2.24, 2.45) is 0 Å². The zero-order valence-electron chi connectivity index (χ0n) is 8.61. The van der Waals surface area contributed by atoms with E-state index in [0.29, 0.717) is 13.0 Å². The number of β-amino-alcohol motifs (C(OH)–C–C–N with tert-alkyl or cyclic N) is 1. The van der Waals surface area contributed by atoms with Gasteiger partial charge in [0, 0.05) is 10.1 Å². The van der Waals surface area contributed by atoms with Gasteiger partial charge in [-0.25, -0.2) is 0 Å². The predicted octanol–water partition coefficient (Wildman–Crippen LogP) is 0.952. The molecule has 0 radical (unpaired) electrons. The van der Waals surface area contributed by atoms with E-state index in [0.717, 1.165) is 9.26 Å². The molecular formula is C11H13IN2O2. The standard InChI is InChI=1S/C11H13IN2O2/c12-8-3-1-2-4-9(8)14-11(16)10-5-7(15)6-13-10/h1-4,7,10,13,15H,5-6H2,(H,14,16). The summed E-state index contributed by atoms with van der Waals surface area (Å²) in [6.45, 7) is 0.490. The van der Waals surface area contributed by atoms with Crippen molar-refractivity contribution in [3.8, 4) is 0 Å². The molecule has 1 aliphatic rings. The molecule has 3 N–H and O–H groups in total. The first-order valence-corrected chi connectivity index (χ1v) is 6.21. The van der Waals surface area contributed by atoms with Gasteiger partial charge >= 0.3 is 0 Å². The minimum absolute atomic E-state index is 0.0827. The third-order valence-electron chi connectivity index (χ3n) is 2.56. The zero-order valence-corrected chi connectivity index (χ0v) is 10.8. The lowest BCUT2D eigenvalue weighted by Gasteiger charge is -2.11. The Hall–Kier alpha value is -0.660. The topological polar surface area (TPSA) is 61.4 Å². The molecule has 1 amide bonds. The normalized spacial score (nSPS) is 24.4. The van der Waals surface area contributed by atoms with Crippen molar-refractivity contribution in [2.45, 2.75) is 18.6 Å². The Kier molecular flexibility index (Phi) is 3.78. The predicted molar refractivity (Wildman–Crippen MR) is 70.2 cm³/mol. The molecule has 1 fully saturated rings. The van der Waals surface area contributed by atoms with Crippen LogP contribution in [0.1, 0.15) is 6.42 Å². The summed E-state index contributed by atoms with van der Waals surface area (Å²) < 4.78 is 1.01. The van der Waals surface area contributed by atoms with Gasteiger partial charge in [-0.15, -0.1) is 0 Å². The molecule has 1 heterocycles. The smallest absolute Gasteiger partial charge is 0.241 e. The van der Waals surface area contributed by atoms with Crippen LogP contribution in [-0.4, -0.2) is 29.7 Å². The van der Waals surface area contributed by atoms with Crippen LogP contribution >= 0.6 is 22.6 Å². The van der Waals surface area contributed by atoms with Crippen LogP contribution in [0.25, 0.3) is 0 Å². The van der Waals surface area contributed by atoms with E-state index in [1.165, 1.54) is 0 Å². The van der Waals surface area contributed by atoms with Crippen molar-refractivity contribution < 1.29 is 9.90 Å². The van der Waals surface area contributed by atoms with E-state index in [1.54, 1.807) is 0 Å². The Labute approximate surface area is 108 Å². The summed E-state index contributed by atoms with van der Waals surface area (Å²) in [4.78, 5) is 11.8. The number of aliphatic hydroxyl groups is 1. The highest BCUT2D eigenvalue weighted by Gasteiger charge is 2.28. The number of hydrogen-bond donors (Lipinski definition) is 3. The van der Waals surface area contributed by atoms with E-state index < -0.39 is 6.10 Å². The molecule has 0 saturated carbocycles. The lowest BCUT2D eigenvalue weighted by Crippen LogP contribution is -2.35. The van der Waals surface area contributed by atoms with E-state index in [9.17, 15) is 9.90 Å². The highest BCUT2D eigenvalue weighted by molar-refractivity contribution is 14.1. The fourth-order valence-corrected chi connectivity index (χ4v) is 2.22. The average Bonchev–Trinajstić information content (AvgIpc) is 2.68. The van der Waals surface area contributed by atoms with Crippen LogP contribution in [0, 0.1) is 3.57 Å². The molecule has 2 atom stereocenters. The lowest BCUT2D eigenvalue weighted by atomic mass is 10.2. The van der Waals surface area contributed by atoms with Crippen LogP contribution in [-0.2, 0) is 4.79 Å². The molecule has 2 unspecified atom stereocenters. The van der Waals surface area contributed by atoms with Gasteiger partial charge < -0.3 is 15.7 Å². The highest BCUT2D eigenvalue weighted by Crippen LogP contribution is 2.18. The van der Waals surface area contributed by atoms with Crippen molar-refractivity contribution in [2.75, 3.05) is 11.9 Å². The molecule has 0 bridgehead atoms. The van der Waals surface area contributed by atoms with E-state index in [2.05, 4.69) is 33.2 Å². The number of nitrogens with one attached hydrogen (secondary N) is 2. The van der Waals surface area contributed by atoms with Gasteiger partial charge in [0.05, 0.1) is 17.8 Å². The monoisotopic (exact) mass is 332 g/mol. The number of halogens is 1. The maximum Gasteiger partial charge on any atom is 0.241 e. The number of hydrogen-bond acceptors (Lipinski definition) is 3. The maximum absolute atomic E-state index is 11.8. The first-order chi connectivity index (χ1) is 7.66. The number of benzene rings is 1. The largest absolute Gasteiger partial charge is 0.392 e. The van der Waals surface area contributed by atoms with Crippen LogP contribution < -0.4 is 10.6 Å². The van der Waals surface area contributed by atoms with Gasteiger partial charge in [-0.05, 0) is 41.1 Å². The minimum Gasteiger partial charge on any atom is -0.392 e. The van der Waals surface area contributed by atoms with Crippen LogP contribution in [0.2, 0.25) is 0 Å². The van der Waals surface area contributed by atoms with Crippen LogP contribution in [0.5, 0.6) is 0 Å². The Morgan fingerprint density at radius 2 is 2.25 bits per heavy atom. The summed E-state index contributed by atoms with van der Waals surface area (Å²) in [6, 6.07) is 7.33. The highest BCUT2D eigenvalue weighted by atomic mass is 127. The molecule has 86 valence electrons. The molecule has 0 aliphatic carbocycles. The molecule has 0 spiro atoms. The number of rotatable bonds is 2. The van der Waals surface area contributed by atoms with E-state index >= 15 is 0 Å². The van der Waals surface area contributed by atoms with Gasteiger partial charge in [0.15, 0.2) is 0 Å². The van der Waals surface area contributed by atoms with E-state index in [4.69, 9.17) is 0 Å². The number of carbonyl (C=O) groups excluding carboxylic acids is 1. The molecule has 1 aromatic carbocycles. The SMILES string of the molecule is O=C(Nc1ccccc1I)C1CC(O)CN1. The molecule has 1 aromatic rings. The quantitative estimate of drug-likeness (QED) is 0.707. The second kappa shape index (κ2) is 5.11. The second-order valence-electron chi connectivity index (χ2n) is 3.82. The summed E-state index contributed by atoms with van der Waals surface area (Å²) >= 11 is 2.18. The number of anilines is 1. The molecule has 1 saturated heterocycles. The zero-order chi connectivity index (χ0) is 11.5. The third-order valence-corrected chi connectivity index (χ3v) is 3.50. The third kappa shape index (κ3) is 2.72. The first kappa shape index (κ1) is 11.8. The Morgan fingerprint density at radius 1 is 1.50 bits per heavy atom. The molecule has 4 nitrogen and oxygen atoms in total. The summed E-state index contributed by atoms with van der Waals surface area (Å²) in [7, 11) is 0. The Morgan fingerprint density at radius 3 is 2.88 bits per heavy atom. The summed E-state index contributed by atoms with van der Waals surface area (Å²) in [6.07, 6.45) is 0.0699. The average molecular weight is 332 g/mol. The van der Waals surface area contributed by atoms with Gasteiger partial charge in [-0.1, -0.05) is 12.1 Å². The Bertz CT molecular complexity index is 397. The van der Waals surface area contributed by atoms with Crippen LogP contribution in [0.3, 0.4) is 0 Å². The van der Waals surface area contributed by atoms with Gasteiger partial charge in [0.2, 0.25) is 5.91 Å². The molecule has 5 heteroatoms. The van der Waals surface area contributed by atoms with Crippen molar-refractivity contribution >= 4 is 34.2 Å². The molecule has 2 rings (SSSR count). The maximum atomic E-state index is 11.8. The lowest BCUT2D eigenvalue weighted by molar-refractivity contribution is -0.117. The van der Waals surface area contributed by atoms with Crippen molar-refractivity contribution in [1.82, 2.24) is 5.32 Å². The van der Waals surface area contributed by atoms with Gasteiger partial charge in [0.25, 0.3) is 0 Å². The number of carbonyl (C=O) groups is 1. The fraction of sp³-hybridized carbons (Fsp3) is 0.364. The van der Waals surface area contributed by atoms with Gasteiger partial charge in [-0.2, -0.15) is 0 Å². The van der Waals surface area contributed by atoms with Crippen molar-refractivity contribution in [3.05, 3.63) is 27.8 Å². The van der Waals surface area contributed by atoms with Gasteiger partial charge in [0.1, 0.15) is 0 Å². The van der Waals surface area contributed by atoms with E-state index in [-0.39, 0.29) is 11.9 Å². The molecule has 1 aliphatic heterocycles. The number of aliphatic hydroxyl groups excluding tert-OH is 1. The first-order valence-electron chi connectivity index (χ1n) is 5.13. The second-order valence-corrected chi connectivity index (χ2v) is 4.98. The molecular weight excluding hydrogens is 319 g/mol. The van der Waals surface area contributed by atoms with Crippen molar-refractivity contribution in [1.29, 1.82) is 0 Å².